The summed E-state index contributed by atoms with van der Waals surface area (Å²) in [6.07, 6.45) is -0.510. The second-order valence-corrected chi connectivity index (χ2v) is 8.76. The molecule has 2 N–H and O–H groups in total. The minimum absolute atomic E-state index is 0.149. The van der Waals surface area contributed by atoms with Gasteiger partial charge in [0.15, 0.2) is 0 Å². The zero-order valence-electron chi connectivity index (χ0n) is 15.5. The summed E-state index contributed by atoms with van der Waals surface area (Å²) >= 11 is 1.96. The van der Waals surface area contributed by atoms with Crippen molar-refractivity contribution in [1.29, 1.82) is 5.26 Å². The van der Waals surface area contributed by atoms with Gasteiger partial charge in [-0.3, -0.25) is 10.1 Å². The Morgan fingerprint density at radius 3 is 2.42 bits per heavy atom. The molecule has 1 aromatic rings. The van der Waals surface area contributed by atoms with Crippen molar-refractivity contribution in [3.8, 4) is 6.07 Å². The largest absolute Gasteiger partial charge is 0.444 e. The van der Waals surface area contributed by atoms with Gasteiger partial charge in [0, 0.05) is 22.7 Å². The highest BCUT2D eigenvalue weighted by Gasteiger charge is 2.24. The number of hydrogen-bond acceptors (Lipinski definition) is 6. The monoisotopic (exact) mass is 474 g/mol. The smallest absolute Gasteiger partial charge is 0.407 e. The lowest BCUT2D eigenvalue weighted by Gasteiger charge is -2.27. The van der Waals surface area contributed by atoms with Crippen LogP contribution >= 0.6 is 22.6 Å². The Balaban J connectivity index is 2.80. The summed E-state index contributed by atoms with van der Waals surface area (Å²) in [5, 5.41) is 26.0. The highest BCUT2D eigenvalue weighted by Crippen LogP contribution is 2.32. The number of nitro groups is 1. The SMILES string of the molecule is CC(C)(CNC(=O)OC(C)(C)C)CNc1c(I)cc(C#N)cc1[N+](=O)[O-]. The Morgan fingerprint density at radius 1 is 1.31 bits per heavy atom. The molecule has 0 heterocycles. The number of halogens is 1. The number of ether oxygens (including phenoxy) is 1. The van der Waals surface area contributed by atoms with Crippen molar-refractivity contribution >= 4 is 40.1 Å². The Bertz CT molecular complexity index is 736. The van der Waals surface area contributed by atoms with Crippen LogP contribution in [0.5, 0.6) is 0 Å². The molecule has 8 nitrogen and oxygen atoms in total. The highest BCUT2D eigenvalue weighted by molar-refractivity contribution is 14.1. The van der Waals surface area contributed by atoms with Crippen molar-refractivity contribution in [2.75, 3.05) is 18.4 Å². The van der Waals surface area contributed by atoms with Gasteiger partial charge in [0.05, 0.1) is 16.6 Å². The summed E-state index contributed by atoms with van der Waals surface area (Å²) in [4.78, 5) is 22.5. The standard InChI is InChI=1S/C17H23IN4O4/c1-16(2,3)26-15(23)21-10-17(4,5)9-20-14-12(18)6-11(8-19)7-13(14)22(24)25/h6-7,20H,9-10H2,1-5H3,(H,21,23). The van der Waals surface area contributed by atoms with Crippen LogP contribution in [0.4, 0.5) is 16.2 Å². The molecule has 0 aliphatic rings. The molecule has 0 saturated heterocycles. The molecule has 1 rings (SSSR count). The predicted molar refractivity (Wildman–Crippen MR) is 107 cm³/mol. The zero-order valence-corrected chi connectivity index (χ0v) is 17.6. The molecule has 0 fully saturated rings. The Morgan fingerprint density at radius 2 is 1.92 bits per heavy atom. The average Bonchev–Trinajstić information content (AvgIpc) is 2.49. The van der Waals surface area contributed by atoms with Crippen molar-refractivity contribution in [1.82, 2.24) is 5.32 Å². The molecule has 0 aromatic heterocycles. The Hall–Kier alpha value is -2.09. The van der Waals surface area contributed by atoms with Crippen LogP contribution in [0.15, 0.2) is 12.1 Å². The van der Waals surface area contributed by atoms with Crippen LogP contribution in [0.1, 0.15) is 40.2 Å². The lowest BCUT2D eigenvalue weighted by atomic mass is 9.93. The van der Waals surface area contributed by atoms with E-state index in [1.807, 2.05) is 42.5 Å². The number of carbonyl (C=O) groups is 1. The number of nitro benzene ring substituents is 1. The van der Waals surface area contributed by atoms with Gasteiger partial charge in [0.1, 0.15) is 11.3 Å². The molecular formula is C17H23IN4O4. The number of amides is 1. The van der Waals surface area contributed by atoms with E-state index >= 15 is 0 Å². The predicted octanol–water partition coefficient (Wildman–Crippen LogP) is 4.03. The van der Waals surface area contributed by atoms with Crippen molar-refractivity contribution in [2.24, 2.45) is 5.41 Å². The minimum atomic E-state index is -0.578. The van der Waals surface area contributed by atoms with E-state index in [0.717, 1.165) is 0 Å². The van der Waals surface area contributed by atoms with Crippen LogP contribution < -0.4 is 10.6 Å². The maximum absolute atomic E-state index is 11.8. The summed E-state index contributed by atoms with van der Waals surface area (Å²) in [7, 11) is 0. The molecule has 0 aliphatic heterocycles. The van der Waals surface area contributed by atoms with Crippen molar-refractivity contribution < 1.29 is 14.5 Å². The molecule has 0 radical (unpaired) electrons. The van der Waals surface area contributed by atoms with Gasteiger partial charge in [0.2, 0.25) is 0 Å². The summed E-state index contributed by atoms with van der Waals surface area (Å²) in [5.41, 5.74) is -0.519. The number of hydrogen-bond donors (Lipinski definition) is 2. The number of carbonyl (C=O) groups excluding carboxylic acids is 1. The van der Waals surface area contributed by atoms with Crippen molar-refractivity contribution in [3.05, 3.63) is 31.4 Å². The third-order valence-corrected chi connectivity index (χ3v) is 4.10. The first-order chi connectivity index (χ1) is 11.8. The fourth-order valence-electron chi connectivity index (χ4n) is 1.99. The third kappa shape index (κ3) is 7.03. The van der Waals surface area contributed by atoms with Crippen molar-refractivity contribution in [3.63, 3.8) is 0 Å². The van der Waals surface area contributed by atoms with Crippen LogP contribution in [0, 0.1) is 30.4 Å². The molecular weight excluding hydrogens is 451 g/mol. The van der Waals surface area contributed by atoms with Gasteiger partial charge in [-0.1, -0.05) is 13.8 Å². The van der Waals surface area contributed by atoms with E-state index < -0.39 is 16.6 Å². The lowest BCUT2D eigenvalue weighted by Crippen LogP contribution is -2.40. The van der Waals surface area contributed by atoms with E-state index in [1.165, 1.54) is 6.07 Å². The number of nitriles is 1. The number of nitrogens with zero attached hydrogens (tertiary/aromatic N) is 2. The molecule has 142 valence electrons. The van der Waals surface area contributed by atoms with E-state index in [2.05, 4.69) is 10.6 Å². The Kier molecular flexibility index (Phi) is 7.20. The van der Waals surface area contributed by atoms with Gasteiger partial charge < -0.3 is 15.4 Å². The first kappa shape index (κ1) is 22.0. The van der Waals surface area contributed by atoms with Crippen LogP contribution in [0.3, 0.4) is 0 Å². The van der Waals surface area contributed by atoms with E-state index in [-0.39, 0.29) is 16.7 Å². The molecule has 9 heteroatoms. The van der Waals surface area contributed by atoms with Crippen LogP contribution in [0.2, 0.25) is 0 Å². The van der Waals surface area contributed by atoms with E-state index in [4.69, 9.17) is 10.00 Å². The van der Waals surface area contributed by atoms with E-state index in [0.29, 0.717) is 22.3 Å². The quantitative estimate of drug-likeness (QED) is 0.365. The third-order valence-electron chi connectivity index (χ3n) is 3.25. The fourth-order valence-corrected chi connectivity index (χ4v) is 2.79. The normalized spacial score (nSPS) is 11.4. The molecule has 0 unspecified atom stereocenters. The summed E-state index contributed by atoms with van der Waals surface area (Å²) in [6, 6.07) is 4.75. The first-order valence-corrected chi connectivity index (χ1v) is 9.01. The van der Waals surface area contributed by atoms with Crippen LogP contribution in [-0.2, 0) is 4.74 Å². The summed E-state index contributed by atoms with van der Waals surface area (Å²) < 4.78 is 5.79. The number of benzene rings is 1. The topological polar surface area (TPSA) is 117 Å². The number of rotatable bonds is 6. The van der Waals surface area contributed by atoms with Gasteiger partial charge in [-0.25, -0.2) is 4.79 Å². The van der Waals surface area contributed by atoms with Crippen molar-refractivity contribution in [2.45, 2.75) is 40.2 Å². The number of alkyl carbamates (subject to hydrolysis) is 1. The Labute approximate surface area is 166 Å². The molecule has 0 bridgehead atoms. The van der Waals surface area contributed by atoms with Gasteiger partial charge in [0.25, 0.3) is 5.69 Å². The molecule has 0 aliphatic carbocycles. The second kappa shape index (κ2) is 8.53. The first-order valence-electron chi connectivity index (χ1n) is 7.93. The maximum Gasteiger partial charge on any atom is 0.407 e. The molecule has 1 aromatic carbocycles. The van der Waals surface area contributed by atoms with Crippen LogP contribution in [-0.4, -0.2) is 29.7 Å². The van der Waals surface area contributed by atoms with E-state index in [9.17, 15) is 14.9 Å². The molecule has 1 amide bonds. The fraction of sp³-hybridized carbons (Fsp3) is 0.529. The maximum atomic E-state index is 11.8. The van der Waals surface area contributed by atoms with Crippen LogP contribution in [0.25, 0.3) is 0 Å². The average molecular weight is 474 g/mol. The van der Waals surface area contributed by atoms with Gasteiger partial charge in [-0.05, 0) is 54.8 Å². The molecule has 0 atom stereocenters. The van der Waals surface area contributed by atoms with Gasteiger partial charge >= 0.3 is 6.09 Å². The number of anilines is 1. The molecule has 0 spiro atoms. The van der Waals surface area contributed by atoms with Gasteiger partial charge in [-0.2, -0.15) is 5.26 Å². The van der Waals surface area contributed by atoms with E-state index in [1.54, 1.807) is 26.8 Å². The second-order valence-electron chi connectivity index (χ2n) is 7.59. The summed E-state index contributed by atoms with van der Waals surface area (Å²) in [5.74, 6) is 0. The molecule has 26 heavy (non-hydrogen) atoms. The summed E-state index contributed by atoms with van der Waals surface area (Å²) in [6.45, 7) is 9.89. The minimum Gasteiger partial charge on any atom is -0.444 e. The number of nitrogens with one attached hydrogen (secondary N) is 2. The van der Waals surface area contributed by atoms with Gasteiger partial charge in [-0.15, -0.1) is 0 Å². The molecule has 0 saturated carbocycles. The lowest BCUT2D eigenvalue weighted by molar-refractivity contribution is -0.384. The zero-order chi connectivity index (χ0) is 20.1. The highest BCUT2D eigenvalue weighted by atomic mass is 127.